The number of anilines is 1. The van der Waals surface area contributed by atoms with Gasteiger partial charge in [-0.3, -0.25) is 10.1 Å². The SMILES string of the molecule is CCc1cc(Br)ccc1OCC(=O)Nc1nc(-c2ccccc2)cs1. The minimum Gasteiger partial charge on any atom is -0.483 e. The summed E-state index contributed by atoms with van der Waals surface area (Å²) >= 11 is 4.84. The molecule has 0 spiro atoms. The van der Waals surface area contributed by atoms with Gasteiger partial charge in [-0.15, -0.1) is 11.3 Å². The van der Waals surface area contributed by atoms with E-state index >= 15 is 0 Å². The van der Waals surface area contributed by atoms with Gasteiger partial charge < -0.3 is 4.74 Å². The van der Waals surface area contributed by atoms with Crippen molar-refractivity contribution in [2.75, 3.05) is 11.9 Å². The van der Waals surface area contributed by atoms with Gasteiger partial charge in [0.2, 0.25) is 0 Å². The zero-order valence-corrected chi connectivity index (χ0v) is 16.1. The molecule has 0 bridgehead atoms. The summed E-state index contributed by atoms with van der Waals surface area (Å²) < 4.78 is 6.65. The van der Waals surface area contributed by atoms with E-state index < -0.39 is 0 Å². The lowest BCUT2D eigenvalue weighted by Crippen LogP contribution is -2.20. The first kappa shape index (κ1) is 17.6. The number of thiazole rings is 1. The number of amides is 1. The van der Waals surface area contributed by atoms with Crippen LogP contribution < -0.4 is 10.1 Å². The Labute approximate surface area is 159 Å². The molecule has 0 saturated carbocycles. The maximum Gasteiger partial charge on any atom is 0.264 e. The molecule has 25 heavy (non-hydrogen) atoms. The van der Waals surface area contributed by atoms with Crippen molar-refractivity contribution in [3.05, 3.63) is 63.9 Å². The van der Waals surface area contributed by atoms with Crippen LogP contribution in [0.5, 0.6) is 5.75 Å². The van der Waals surface area contributed by atoms with E-state index in [4.69, 9.17) is 4.74 Å². The van der Waals surface area contributed by atoms with Crippen LogP contribution in [0, 0.1) is 0 Å². The minimum atomic E-state index is -0.223. The summed E-state index contributed by atoms with van der Waals surface area (Å²) in [6, 6.07) is 15.6. The molecule has 1 heterocycles. The summed E-state index contributed by atoms with van der Waals surface area (Å²) in [7, 11) is 0. The molecule has 0 fully saturated rings. The molecule has 0 atom stereocenters. The predicted octanol–water partition coefficient (Wildman–Crippen LogP) is 5.15. The number of halogens is 1. The van der Waals surface area contributed by atoms with E-state index in [1.54, 1.807) is 0 Å². The standard InChI is InChI=1S/C19H17BrN2O2S/c1-2-13-10-15(20)8-9-17(13)24-11-18(23)22-19-21-16(12-25-19)14-6-4-3-5-7-14/h3-10,12H,2,11H2,1H3,(H,21,22,23). The molecule has 2 aromatic carbocycles. The first-order valence-electron chi connectivity index (χ1n) is 7.87. The van der Waals surface area contributed by atoms with Crippen molar-refractivity contribution in [3.63, 3.8) is 0 Å². The van der Waals surface area contributed by atoms with Gasteiger partial charge in [-0.1, -0.05) is 53.2 Å². The molecule has 0 aliphatic carbocycles. The monoisotopic (exact) mass is 416 g/mol. The highest BCUT2D eigenvalue weighted by molar-refractivity contribution is 9.10. The lowest BCUT2D eigenvalue weighted by Gasteiger charge is -2.10. The van der Waals surface area contributed by atoms with Crippen molar-refractivity contribution < 1.29 is 9.53 Å². The first-order valence-corrected chi connectivity index (χ1v) is 9.55. The van der Waals surface area contributed by atoms with E-state index in [2.05, 4.69) is 33.2 Å². The van der Waals surface area contributed by atoms with Crippen LogP contribution >= 0.6 is 27.3 Å². The lowest BCUT2D eigenvalue weighted by atomic mass is 10.1. The van der Waals surface area contributed by atoms with Crippen LogP contribution in [-0.4, -0.2) is 17.5 Å². The third-order valence-electron chi connectivity index (χ3n) is 3.58. The maximum absolute atomic E-state index is 12.1. The highest BCUT2D eigenvalue weighted by Gasteiger charge is 2.10. The van der Waals surface area contributed by atoms with Crippen molar-refractivity contribution in [1.29, 1.82) is 0 Å². The van der Waals surface area contributed by atoms with Crippen molar-refractivity contribution >= 4 is 38.3 Å². The van der Waals surface area contributed by atoms with Crippen molar-refractivity contribution in [2.45, 2.75) is 13.3 Å². The van der Waals surface area contributed by atoms with Crippen LogP contribution in [0.15, 0.2) is 58.4 Å². The van der Waals surface area contributed by atoms with Crippen molar-refractivity contribution in [1.82, 2.24) is 4.98 Å². The van der Waals surface area contributed by atoms with E-state index in [1.807, 2.05) is 53.9 Å². The molecule has 0 aliphatic heterocycles. The Bertz CT molecular complexity index is 865. The Morgan fingerprint density at radius 3 is 2.80 bits per heavy atom. The van der Waals surface area contributed by atoms with Gasteiger partial charge in [0.1, 0.15) is 5.75 Å². The van der Waals surface area contributed by atoms with E-state index in [9.17, 15) is 4.79 Å². The average Bonchev–Trinajstić information content (AvgIpc) is 3.09. The number of aryl methyl sites for hydroxylation is 1. The Morgan fingerprint density at radius 1 is 1.24 bits per heavy atom. The van der Waals surface area contributed by atoms with Gasteiger partial charge in [0.25, 0.3) is 5.91 Å². The van der Waals surface area contributed by atoms with Gasteiger partial charge in [-0.2, -0.15) is 0 Å². The lowest BCUT2D eigenvalue weighted by molar-refractivity contribution is -0.118. The summed E-state index contributed by atoms with van der Waals surface area (Å²) in [6.45, 7) is 2.00. The number of benzene rings is 2. The van der Waals surface area contributed by atoms with Crippen LogP contribution in [-0.2, 0) is 11.2 Å². The molecule has 1 amide bonds. The number of nitrogens with one attached hydrogen (secondary N) is 1. The fourth-order valence-corrected chi connectivity index (χ4v) is 3.48. The number of rotatable bonds is 6. The van der Waals surface area contributed by atoms with Crippen molar-refractivity contribution in [2.24, 2.45) is 0 Å². The number of hydrogen-bond acceptors (Lipinski definition) is 4. The third kappa shape index (κ3) is 4.67. The molecule has 1 N–H and O–H groups in total. The summed E-state index contributed by atoms with van der Waals surface area (Å²) in [6.07, 6.45) is 0.837. The predicted molar refractivity (Wildman–Crippen MR) is 105 cm³/mol. The molecule has 3 rings (SSSR count). The zero-order valence-electron chi connectivity index (χ0n) is 13.7. The van der Waals surface area contributed by atoms with E-state index in [1.165, 1.54) is 11.3 Å². The minimum absolute atomic E-state index is 0.0467. The Hall–Kier alpha value is -2.18. The number of nitrogens with zero attached hydrogens (tertiary/aromatic N) is 1. The number of ether oxygens (including phenoxy) is 1. The molecule has 0 unspecified atom stereocenters. The van der Waals surface area contributed by atoms with Gasteiger partial charge in [0.05, 0.1) is 5.69 Å². The Morgan fingerprint density at radius 2 is 2.04 bits per heavy atom. The normalized spacial score (nSPS) is 10.5. The molecular weight excluding hydrogens is 400 g/mol. The molecule has 0 aliphatic rings. The first-order chi connectivity index (χ1) is 12.2. The summed E-state index contributed by atoms with van der Waals surface area (Å²) in [5.74, 6) is 0.504. The Balaban J connectivity index is 1.59. The topological polar surface area (TPSA) is 51.2 Å². The average molecular weight is 417 g/mol. The van der Waals surface area contributed by atoms with Gasteiger partial charge in [0.15, 0.2) is 11.7 Å². The second-order valence-electron chi connectivity index (χ2n) is 5.35. The highest BCUT2D eigenvalue weighted by atomic mass is 79.9. The second kappa shape index (κ2) is 8.27. The highest BCUT2D eigenvalue weighted by Crippen LogP contribution is 2.25. The molecule has 6 heteroatoms. The largest absolute Gasteiger partial charge is 0.483 e. The molecule has 1 aromatic heterocycles. The molecule has 0 radical (unpaired) electrons. The number of carbonyl (C=O) groups excluding carboxylic acids is 1. The molecule has 128 valence electrons. The fourth-order valence-electron chi connectivity index (χ4n) is 2.34. The molecular formula is C19H17BrN2O2S. The van der Waals surface area contributed by atoms with Gasteiger partial charge >= 0.3 is 0 Å². The quantitative estimate of drug-likeness (QED) is 0.603. The van der Waals surface area contributed by atoms with Crippen LogP contribution in [0.25, 0.3) is 11.3 Å². The summed E-state index contributed by atoms with van der Waals surface area (Å²) in [5.41, 5.74) is 2.93. The van der Waals surface area contributed by atoms with Crippen LogP contribution in [0.2, 0.25) is 0 Å². The zero-order chi connectivity index (χ0) is 17.6. The molecule has 4 nitrogen and oxygen atoms in total. The number of hydrogen-bond donors (Lipinski definition) is 1. The molecule has 0 saturated heterocycles. The third-order valence-corrected chi connectivity index (χ3v) is 4.83. The van der Waals surface area contributed by atoms with Gasteiger partial charge in [-0.25, -0.2) is 4.98 Å². The summed E-state index contributed by atoms with van der Waals surface area (Å²) in [4.78, 5) is 16.6. The smallest absolute Gasteiger partial charge is 0.264 e. The summed E-state index contributed by atoms with van der Waals surface area (Å²) in [5, 5.41) is 5.28. The molecule has 3 aromatic rings. The van der Waals surface area contributed by atoms with E-state index in [0.717, 1.165) is 33.5 Å². The fraction of sp³-hybridized carbons (Fsp3) is 0.158. The van der Waals surface area contributed by atoms with Crippen LogP contribution in [0.3, 0.4) is 0 Å². The Kier molecular flexibility index (Phi) is 5.83. The maximum atomic E-state index is 12.1. The van der Waals surface area contributed by atoms with E-state index in [-0.39, 0.29) is 12.5 Å². The number of aromatic nitrogens is 1. The van der Waals surface area contributed by atoms with E-state index in [0.29, 0.717) is 5.13 Å². The van der Waals surface area contributed by atoms with Gasteiger partial charge in [-0.05, 0) is 30.2 Å². The second-order valence-corrected chi connectivity index (χ2v) is 7.12. The van der Waals surface area contributed by atoms with Gasteiger partial charge in [0, 0.05) is 15.4 Å². The van der Waals surface area contributed by atoms with Crippen molar-refractivity contribution in [3.8, 4) is 17.0 Å². The van der Waals surface area contributed by atoms with Crippen LogP contribution in [0.1, 0.15) is 12.5 Å². The number of carbonyl (C=O) groups is 1. The van der Waals surface area contributed by atoms with Crippen LogP contribution in [0.4, 0.5) is 5.13 Å².